The van der Waals surface area contributed by atoms with Gasteiger partial charge in [-0.05, 0) is 25.7 Å². The molecule has 1 rings (SSSR count). The average molecular weight is 135 g/mol. The Labute approximate surface area is 62.2 Å². The highest BCUT2D eigenvalue weighted by Crippen LogP contribution is 2.11. The molecule has 1 heteroatoms. The summed E-state index contributed by atoms with van der Waals surface area (Å²) in [6.45, 7) is 2.06. The van der Waals surface area contributed by atoms with Crippen LogP contribution >= 0.6 is 0 Å². The molecule has 1 heterocycles. The van der Waals surface area contributed by atoms with Crippen molar-refractivity contribution in [3.8, 4) is 0 Å². The monoisotopic (exact) mass is 135 g/mol. The molecular weight excluding hydrogens is 122 g/mol. The quantitative estimate of drug-likeness (QED) is 0.490. The van der Waals surface area contributed by atoms with Gasteiger partial charge in [-0.1, -0.05) is 18.2 Å². The van der Waals surface area contributed by atoms with Crippen LogP contribution in [0.25, 0.3) is 0 Å². The van der Waals surface area contributed by atoms with Gasteiger partial charge in [-0.3, -0.25) is 4.99 Å². The van der Waals surface area contributed by atoms with Crippen LogP contribution < -0.4 is 0 Å². The SMILES string of the molecule is C/C=C/[C@@H]1CC=CN=CC1. The van der Waals surface area contributed by atoms with Crippen LogP contribution in [0.4, 0.5) is 0 Å². The molecular formula is C9H13N. The van der Waals surface area contributed by atoms with Gasteiger partial charge in [0.15, 0.2) is 0 Å². The fourth-order valence-corrected chi connectivity index (χ4v) is 1.08. The Morgan fingerprint density at radius 2 is 2.40 bits per heavy atom. The van der Waals surface area contributed by atoms with Crippen molar-refractivity contribution < 1.29 is 0 Å². The zero-order chi connectivity index (χ0) is 7.23. The van der Waals surface area contributed by atoms with Crippen molar-refractivity contribution in [2.24, 2.45) is 10.9 Å². The van der Waals surface area contributed by atoms with Crippen molar-refractivity contribution >= 4 is 6.21 Å². The molecule has 0 unspecified atom stereocenters. The van der Waals surface area contributed by atoms with E-state index in [0.29, 0.717) is 5.92 Å². The Balaban J connectivity index is 2.47. The van der Waals surface area contributed by atoms with Crippen molar-refractivity contribution in [1.29, 1.82) is 0 Å². The van der Waals surface area contributed by atoms with E-state index in [-0.39, 0.29) is 0 Å². The lowest BCUT2D eigenvalue weighted by Crippen LogP contribution is -1.93. The molecule has 1 atom stereocenters. The minimum absolute atomic E-state index is 0.674. The van der Waals surface area contributed by atoms with Crippen molar-refractivity contribution in [3.63, 3.8) is 0 Å². The third-order valence-corrected chi connectivity index (χ3v) is 1.61. The second-order valence-corrected chi connectivity index (χ2v) is 2.47. The van der Waals surface area contributed by atoms with Crippen molar-refractivity contribution in [2.45, 2.75) is 19.8 Å². The summed E-state index contributed by atoms with van der Waals surface area (Å²) in [5, 5.41) is 0. The molecule has 0 N–H and O–H groups in total. The Hall–Kier alpha value is -0.850. The van der Waals surface area contributed by atoms with Gasteiger partial charge in [0, 0.05) is 12.4 Å². The van der Waals surface area contributed by atoms with E-state index < -0.39 is 0 Å². The summed E-state index contributed by atoms with van der Waals surface area (Å²) in [7, 11) is 0. The van der Waals surface area contributed by atoms with Gasteiger partial charge in [0.05, 0.1) is 0 Å². The maximum atomic E-state index is 4.06. The molecule has 1 aliphatic heterocycles. The van der Waals surface area contributed by atoms with Crippen LogP contribution in [0.1, 0.15) is 19.8 Å². The first-order chi connectivity index (χ1) is 4.93. The van der Waals surface area contributed by atoms with Gasteiger partial charge in [0.1, 0.15) is 0 Å². The van der Waals surface area contributed by atoms with Crippen LogP contribution in [0.3, 0.4) is 0 Å². The Morgan fingerprint density at radius 1 is 1.50 bits per heavy atom. The van der Waals surface area contributed by atoms with Crippen LogP contribution in [0.2, 0.25) is 0 Å². The third-order valence-electron chi connectivity index (χ3n) is 1.61. The highest BCUT2D eigenvalue weighted by atomic mass is 14.7. The standard InChI is InChI=1S/C9H13N/c1-2-4-9-5-3-7-10-8-6-9/h2-4,7-9H,5-6H2,1H3/b4-2+/t9-/m1/s1. The fraction of sp³-hybridized carbons (Fsp3) is 0.444. The first-order valence-corrected chi connectivity index (χ1v) is 3.73. The first kappa shape index (κ1) is 7.26. The Bertz CT molecular complexity index is 152. The van der Waals surface area contributed by atoms with E-state index in [4.69, 9.17) is 0 Å². The maximum absolute atomic E-state index is 4.06. The molecule has 10 heavy (non-hydrogen) atoms. The summed E-state index contributed by atoms with van der Waals surface area (Å²) in [6.07, 6.45) is 12.5. The molecule has 0 fully saturated rings. The van der Waals surface area contributed by atoms with Crippen LogP contribution in [0.5, 0.6) is 0 Å². The highest BCUT2D eigenvalue weighted by molar-refractivity contribution is 5.59. The van der Waals surface area contributed by atoms with Crippen LogP contribution in [-0.4, -0.2) is 6.21 Å². The minimum atomic E-state index is 0.674. The summed E-state index contributed by atoms with van der Waals surface area (Å²) in [4.78, 5) is 4.06. The summed E-state index contributed by atoms with van der Waals surface area (Å²) in [6, 6.07) is 0. The smallest absolute Gasteiger partial charge is 0.0224 e. The molecule has 0 saturated heterocycles. The van der Waals surface area contributed by atoms with Gasteiger partial charge in [-0.25, -0.2) is 0 Å². The number of hydrogen-bond donors (Lipinski definition) is 0. The number of hydrogen-bond acceptors (Lipinski definition) is 1. The van der Waals surface area contributed by atoms with Gasteiger partial charge in [0.25, 0.3) is 0 Å². The maximum Gasteiger partial charge on any atom is 0.0224 e. The lowest BCUT2D eigenvalue weighted by molar-refractivity contribution is 0.704. The zero-order valence-electron chi connectivity index (χ0n) is 6.33. The van der Waals surface area contributed by atoms with E-state index in [0.717, 1.165) is 12.8 Å². The molecule has 0 aliphatic carbocycles. The second kappa shape index (κ2) is 4.04. The van der Waals surface area contributed by atoms with Crippen LogP contribution in [0.15, 0.2) is 29.4 Å². The number of allylic oxidation sites excluding steroid dienone is 3. The average Bonchev–Trinajstić information content (AvgIpc) is 2.17. The summed E-state index contributed by atoms with van der Waals surface area (Å²) >= 11 is 0. The van der Waals surface area contributed by atoms with Gasteiger partial charge in [-0.15, -0.1) is 0 Å². The number of rotatable bonds is 1. The normalized spacial score (nSPS) is 25.5. The molecule has 0 bridgehead atoms. The first-order valence-electron chi connectivity index (χ1n) is 3.73. The number of nitrogens with zero attached hydrogens (tertiary/aromatic N) is 1. The van der Waals surface area contributed by atoms with Gasteiger partial charge >= 0.3 is 0 Å². The third kappa shape index (κ3) is 2.18. The van der Waals surface area contributed by atoms with E-state index in [2.05, 4.69) is 30.1 Å². The number of aliphatic imine (C=N–C) groups is 1. The molecule has 0 aromatic rings. The van der Waals surface area contributed by atoms with E-state index in [1.807, 2.05) is 12.4 Å². The van der Waals surface area contributed by atoms with Crippen molar-refractivity contribution in [1.82, 2.24) is 0 Å². The van der Waals surface area contributed by atoms with Crippen LogP contribution in [-0.2, 0) is 0 Å². The molecule has 1 nitrogen and oxygen atoms in total. The van der Waals surface area contributed by atoms with E-state index in [1.54, 1.807) is 0 Å². The summed E-state index contributed by atoms with van der Waals surface area (Å²) < 4.78 is 0. The fourth-order valence-electron chi connectivity index (χ4n) is 1.08. The Morgan fingerprint density at radius 3 is 3.20 bits per heavy atom. The van der Waals surface area contributed by atoms with Crippen LogP contribution in [0, 0.1) is 5.92 Å². The van der Waals surface area contributed by atoms with Gasteiger partial charge in [-0.2, -0.15) is 0 Å². The predicted molar refractivity (Wildman–Crippen MR) is 45.2 cm³/mol. The zero-order valence-corrected chi connectivity index (χ0v) is 6.33. The minimum Gasteiger partial charge on any atom is -0.269 e. The van der Waals surface area contributed by atoms with Crippen molar-refractivity contribution in [3.05, 3.63) is 24.4 Å². The molecule has 0 aromatic carbocycles. The topological polar surface area (TPSA) is 12.4 Å². The lowest BCUT2D eigenvalue weighted by atomic mass is 10.0. The molecule has 0 radical (unpaired) electrons. The largest absolute Gasteiger partial charge is 0.269 e. The molecule has 0 spiro atoms. The van der Waals surface area contributed by atoms with E-state index in [1.165, 1.54) is 0 Å². The Kier molecular flexibility index (Phi) is 2.94. The van der Waals surface area contributed by atoms with E-state index >= 15 is 0 Å². The summed E-state index contributed by atoms with van der Waals surface area (Å²) in [5.74, 6) is 0.674. The van der Waals surface area contributed by atoms with Gasteiger partial charge < -0.3 is 0 Å². The highest BCUT2D eigenvalue weighted by Gasteiger charge is 2.00. The second-order valence-electron chi connectivity index (χ2n) is 2.47. The van der Waals surface area contributed by atoms with Gasteiger partial charge in [0.2, 0.25) is 0 Å². The van der Waals surface area contributed by atoms with E-state index in [9.17, 15) is 0 Å². The predicted octanol–water partition coefficient (Wildman–Crippen LogP) is 2.56. The molecule has 0 amide bonds. The molecule has 0 saturated carbocycles. The lowest BCUT2D eigenvalue weighted by Gasteiger charge is -2.02. The summed E-state index contributed by atoms with van der Waals surface area (Å²) in [5.41, 5.74) is 0. The molecule has 1 aliphatic rings. The van der Waals surface area contributed by atoms with Crippen molar-refractivity contribution in [2.75, 3.05) is 0 Å². The molecule has 0 aromatic heterocycles. The molecule has 54 valence electrons.